The molecule has 2 saturated heterocycles. The van der Waals surface area contributed by atoms with Crippen LogP contribution in [0.4, 0.5) is 13.2 Å². The lowest BCUT2D eigenvalue weighted by Crippen LogP contribution is -2.62. The highest BCUT2D eigenvalue weighted by Crippen LogP contribution is 2.36. The van der Waals surface area contributed by atoms with Gasteiger partial charge in [-0.3, -0.25) is 0 Å². The van der Waals surface area contributed by atoms with Gasteiger partial charge in [0, 0.05) is 13.2 Å². The molecular weight excluding hydrogens is 287 g/mol. The maximum Gasteiger partial charge on any atom is 0.406 e. The monoisotopic (exact) mass is 303 g/mol. The van der Waals surface area contributed by atoms with Crippen molar-refractivity contribution in [3.63, 3.8) is 0 Å². The minimum Gasteiger partial charge on any atom is -0.379 e. The number of hydrogen-bond acceptors (Lipinski definition) is 4. The van der Waals surface area contributed by atoms with E-state index in [9.17, 15) is 21.6 Å². The predicted octanol–water partition coefficient (Wildman–Crippen LogP) is 0.758. The number of morpholine rings is 1. The Bertz CT molecular complexity index is 431. The maximum absolute atomic E-state index is 12.7. The molecule has 2 rings (SSSR count). The van der Waals surface area contributed by atoms with Crippen molar-refractivity contribution in [2.45, 2.75) is 30.3 Å². The third kappa shape index (κ3) is 2.61. The van der Waals surface area contributed by atoms with Gasteiger partial charge in [-0.2, -0.15) is 17.5 Å². The Hall–Kier alpha value is -0.380. The van der Waals surface area contributed by atoms with Crippen LogP contribution in [0.2, 0.25) is 0 Å². The summed E-state index contributed by atoms with van der Waals surface area (Å²) in [4.78, 5) is 0. The van der Waals surface area contributed by atoms with Crippen LogP contribution < -0.4 is 0 Å². The number of hydrogen-bond donors (Lipinski definition) is 0. The summed E-state index contributed by atoms with van der Waals surface area (Å²) in [5.74, 6) is 0. The topological polar surface area (TPSA) is 55.8 Å². The summed E-state index contributed by atoms with van der Waals surface area (Å²) in [6.45, 7) is 1.20. The highest BCUT2D eigenvalue weighted by Gasteiger charge is 2.55. The van der Waals surface area contributed by atoms with Gasteiger partial charge in [-0.05, 0) is 13.3 Å². The highest BCUT2D eigenvalue weighted by molar-refractivity contribution is 7.89. The smallest absolute Gasteiger partial charge is 0.379 e. The molecule has 0 saturated carbocycles. The molecule has 0 unspecified atom stereocenters. The number of alkyl halides is 3. The lowest BCUT2D eigenvalue weighted by atomic mass is 9.99. The summed E-state index contributed by atoms with van der Waals surface area (Å²) in [5, 5.41) is -2.42. The van der Waals surface area contributed by atoms with E-state index in [2.05, 4.69) is 0 Å². The number of nitrogens with zero attached hydrogens (tertiary/aromatic N) is 1. The van der Waals surface area contributed by atoms with E-state index in [1.54, 1.807) is 0 Å². The van der Waals surface area contributed by atoms with Gasteiger partial charge in [0.05, 0.1) is 25.4 Å². The van der Waals surface area contributed by atoms with Crippen molar-refractivity contribution in [3.05, 3.63) is 0 Å². The average molecular weight is 303 g/mol. The molecule has 2 atom stereocenters. The second kappa shape index (κ2) is 4.87. The number of halogens is 3. The fraction of sp³-hybridized carbons (Fsp3) is 1.00. The standard InChI is InChI=1S/C10H16F3NO4S/c1-8(10(11,12)13)19(15,16)14-3-5-18-7-9(14)2-4-17-6-9/h8H,2-7H2,1H3/t8-,9-/m0/s1. The van der Waals surface area contributed by atoms with Crippen molar-refractivity contribution in [1.82, 2.24) is 4.31 Å². The molecule has 0 aromatic rings. The maximum atomic E-state index is 12.7. The summed E-state index contributed by atoms with van der Waals surface area (Å²) < 4.78 is 73.8. The first-order chi connectivity index (χ1) is 8.70. The summed E-state index contributed by atoms with van der Waals surface area (Å²) in [6, 6.07) is 0. The molecule has 2 aliphatic rings. The van der Waals surface area contributed by atoms with Crippen molar-refractivity contribution in [1.29, 1.82) is 0 Å². The van der Waals surface area contributed by atoms with Crippen LogP contribution in [0.5, 0.6) is 0 Å². The van der Waals surface area contributed by atoms with E-state index in [0.717, 1.165) is 4.31 Å². The Morgan fingerprint density at radius 3 is 2.26 bits per heavy atom. The Morgan fingerprint density at radius 2 is 1.79 bits per heavy atom. The fourth-order valence-electron chi connectivity index (χ4n) is 2.38. The molecule has 0 aliphatic carbocycles. The van der Waals surface area contributed by atoms with E-state index < -0.39 is 27.0 Å². The molecule has 0 radical (unpaired) electrons. The zero-order valence-electron chi connectivity index (χ0n) is 10.4. The van der Waals surface area contributed by atoms with Gasteiger partial charge in [-0.1, -0.05) is 0 Å². The zero-order chi connectivity index (χ0) is 14.3. The molecule has 9 heteroatoms. The first-order valence-electron chi connectivity index (χ1n) is 5.94. The Kier molecular flexibility index (Phi) is 3.85. The Morgan fingerprint density at radius 1 is 1.21 bits per heavy atom. The second-order valence-corrected chi connectivity index (χ2v) is 7.06. The van der Waals surface area contributed by atoms with Crippen LogP contribution in [-0.2, 0) is 19.5 Å². The van der Waals surface area contributed by atoms with Crippen molar-refractivity contribution in [3.8, 4) is 0 Å². The molecule has 112 valence electrons. The lowest BCUT2D eigenvalue weighted by Gasteiger charge is -2.43. The molecule has 0 bridgehead atoms. The van der Waals surface area contributed by atoms with E-state index in [-0.39, 0.29) is 26.4 Å². The minimum absolute atomic E-state index is 0.0634. The molecule has 0 N–H and O–H groups in total. The van der Waals surface area contributed by atoms with E-state index in [0.29, 0.717) is 20.0 Å². The molecule has 1 spiro atoms. The minimum atomic E-state index is -4.78. The molecule has 2 heterocycles. The largest absolute Gasteiger partial charge is 0.406 e. The van der Waals surface area contributed by atoms with Crippen LogP contribution in [0.1, 0.15) is 13.3 Å². The Balaban J connectivity index is 2.32. The normalized spacial score (nSPS) is 31.8. The van der Waals surface area contributed by atoms with Crippen molar-refractivity contribution in [2.75, 3.05) is 33.0 Å². The van der Waals surface area contributed by atoms with Gasteiger partial charge in [0.15, 0.2) is 5.25 Å². The quantitative estimate of drug-likeness (QED) is 0.756. The van der Waals surface area contributed by atoms with E-state index in [1.165, 1.54) is 0 Å². The molecule has 2 aliphatic heterocycles. The average Bonchev–Trinajstić information content (AvgIpc) is 2.76. The van der Waals surface area contributed by atoms with Gasteiger partial charge in [-0.25, -0.2) is 8.42 Å². The van der Waals surface area contributed by atoms with Crippen molar-refractivity contribution in [2.24, 2.45) is 0 Å². The first-order valence-corrected chi connectivity index (χ1v) is 7.44. The van der Waals surface area contributed by atoms with Crippen molar-refractivity contribution >= 4 is 10.0 Å². The molecule has 5 nitrogen and oxygen atoms in total. The predicted molar refractivity (Wildman–Crippen MR) is 60.1 cm³/mol. The van der Waals surface area contributed by atoms with Crippen LogP contribution in [0.15, 0.2) is 0 Å². The number of ether oxygens (including phenoxy) is 2. The van der Waals surface area contributed by atoms with E-state index in [1.807, 2.05) is 0 Å². The van der Waals surface area contributed by atoms with Crippen LogP contribution in [-0.4, -0.2) is 62.7 Å². The zero-order valence-corrected chi connectivity index (χ0v) is 11.3. The Labute approximate surface area is 109 Å². The molecule has 0 aromatic heterocycles. The molecule has 0 amide bonds. The summed E-state index contributed by atoms with van der Waals surface area (Å²) in [6.07, 6.45) is -4.42. The SMILES string of the molecule is C[C@@H](C(F)(F)F)S(=O)(=O)N1CCOC[C@@]12CCOC2. The van der Waals surface area contributed by atoms with E-state index >= 15 is 0 Å². The molecule has 2 fully saturated rings. The third-order valence-corrected chi connectivity index (χ3v) is 5.98. The lowest BCUT2D eigenvalue weighted by molar-refractivity contribution is -0.129. The molecular formula is C10H16F3NO4S. The number of rotatable bonds is 2. The number of sulfonamides is 1. The molecule has 0 aromatic carbocycles. The first kappa shape index (κ1) is 15.0. The van der Waals surface area contributed by atoms with Gasteiger partial charge in [0.25, 0.3) is 0 Å². The van der Waals surface area contributed by atoms with Gasteiger partial charge < -0.3 is 9.47 Å². The molecule has 19 heavy (non-hydrogen) atoms. The highest BCUT2D eigenvalue weighted by atomic mass is 32.2. The van der Waals surface area contributed by atoms with Gasteiger partial charge in [0.1, 0.15) is 0 Å². The third-order valence-electron chi connectivity index (χ3n) is 3.64. The van der Waals surface area contributed by atoms with E-state index in [4.69, 9.17) is 9.47 Å². The summed E-state index contributed by atoms with van der Waals surface area (Å²) in [7, 11) is -4.46. The van der Waals surface area contributed by atoms with Gasteiger partial charge in [-0.15, -0.1) is 0 Å². The van der Waals surface area contributed by atoms with Crippen LogP contribution in [0, 0.1) is 0 Å². The summed E-state index contributed by atoms with van der Waals surface area (Å²) >= 11 is 0. The van der Waals surface area contributed by atoms with Crippen molar-refractivity contribution < 1.29 is 31.1 Å². The van der Waals surface area contributed by atoms with Crippen LogP contribution in [0.3, 0.4) is 0 Å². The second-order valence-electron chi connectivity index (χ2n) is 4.88. The summed E-state index contributed by atoms with van der Waals surface area (Å²) in [5.41, 5.74) is -0.976. The fourth-order valence-corrected chi connectivity index (χ4v) is 4.17. The van der Waals surface area contributed by atoms with Gasteiger partial charge in [0.2, 0.25) is 10.0 Å². The van der Waals surface area contributed by atoms with Crippen LogP contribution >= 0.6 is 0 Å². The van der Waals surface area contributed by atoms with Gasteiger partial charge >= 0.3 is 6.18 Å². The van der Waals surface area contributed by atoms with Crippen LogP contribution in [0.25, 0.3) is 0 Å².